The van der Waals surface area contributed by atoms with E-state index < -0.39 is 0 Å². The molecule has 25 heavy (non-hydrogen) atoms. The van der Waals surface area contributed by atoms with Crippen molar-refractivity contribution in [3.05, 3.63) is 65.2 Å². The molecule has 0 radical (unpaired) electrons. The second-order valence-corrected chi connectivity index (χ2v) is 6.35. The van der Waals surface area contributed by atoms with E-state index in [-0.39, 0.29) is 18.5 Å². The predicted octanol–water partition coefficient (Wildman–Crippen LogP) is 2.94. The summed E-state index contributed by atoms with van der Waals surface area (Å²) in [4.78, 5) is 27.8. The van der Waals surface area contributed by atoms with Crippen molar-refractivity contribution in [2.75, 3.05) is 31.1 Å². The van der Waals surface area contributed by atoms with Gasteiger partial charge in [-0.25, -0.2) is 4.79 Å². The van der Waals surface area contributed by atoms with Gasteiger partial charge < -0.3 is 10.2 Å². The summed E-state index contributed by atoms with van der Waals surface area (Å²) >= 11 is 5.85. The van der Waals surface area contributed by atoms with Gasteiger partial charge in [0.1, 0.15) is 6.54 Å². The second kappa shape index (κ2) is 8.03. The maximum absolute atomic E-state index is 12.4. The fourth-order valence-electron chi connectivity index (χ4n) is 2.80. The zero-order chi connectivity index (χ0) is 17.6. The van der Waals surface area contributed by atoms with E-state index in [1.54, 1.807) is 9.80 Å². The Morgan fingerprint density at radius 2 is 1.76 bits per heavy atom. The van der Waals surface area contributed by atoms with Gasteiger partial charge in [0.25, 0.3) is 0 Å². The molecule has 130 valence electrons. The van der Waals surface area contributed by atoms with E-state index in [2.05, 4.69) is 5.32 Å². The number of hydrogen-bond acceptors (Lipinski definition) is 2. The van der Waals surface area contributed by atoms with Crippen molar-refractivity contribution in [1.82, 2.24) is 10.2 Å². The lowest BCUT2D eigenvalue weighted by Crippen LogP contribution is -2.40. The number of nitrogens with zero attached hydrogens (tertiary/aromatic N) is 2. The number of para-hydroxylation sites is 1. The van der Waals surface area contributed by atoms with Crippen molar-refractivity contribution in [3.8, 4) is 0 Å². The molecule has 0 aliphatic carbocycles. The van der Waals surface area contributed by atoms with Crippen molar-refractivity contribution < 1.29 is 9.59 Å². The third kappa shape index (κ3) is 4.51. The van der Waals surface area contributed by atoms with Gasteiger partial charge in [0.2, 0.25) is 5.91 Å². The molecular weight excluding hydrogens is 338 g/mol. The first-order valence-corrected chi connectivity index (χ1v) is 8.64. The third-order valence-electron chi connectivity index (χ3n) is 4.15. The van der Waals surface area contributed by atoms with Gasteiger partial charge >= 0.3 is 6.03 Å². The molecule has 1 saturated heterocycles. The highest BCUT2D eigenvalue weighted by atomic mass is 35.5. The minimum atomic E-state index is -0.141. The highest BCUT2D eigenvalue weighted by molar-refractivity contribution is 6.30. The summed E-state index contributed by atoms with van der Waals surface area (Å²) in [5.74, 6) is -0.141. The summed E-state index contributed by atoms with van der Waals surface area (Å²) in [7, 11) is 0. The van der Waals surface area contributed by atoms with Gasteiger partial charge in [-0.3, -0.25) is 9.69 Å². The normalized spacial score (nSPS) is 14.0. The summed E-state index contributed by atoms with van der Waals surface area (Å²) in [6.07, 6.45) is 0.729. The van der Waals surface area contributed by atoms with E-state index >= 15 is 0 Å². The molecule has 6 heteroatoms. The zero-order valence-electron chi connectivity index (χ0n) is 13.8. The average Bonchev–Trinajstić information content (AvgIpc) is 2.98. The van der Waals surface area contributed by atoms with E-state index in [0.29, 0.717) is 24.7 Å². The Bertz CT molecular complexity index is 734. The van der Waals surface area contributed by atoms with Crippen LogP contribution in [-0.2, 0) is 11.2 Å². The van der Waals surface area contributed by atoms with Crippen LogP contribution in [0.5, 0.6) is 0 Å². The summed E-state index contributed by atoms with van der Waals surface area (Å²) in [6.45, 7) is 1.77. The summed E-state index contributed by atoms with van der Waals surface area (Å²) in [5.41, 5.74) is 1.97. The summed E-state index contributed by atoms with van der Waals surface area (Å²) in [5, 5.41) is 3.56. The van der Waals surface area contributed by atoms with E-state index in [0.717, 1.165) is 17.7 Å². The van der Waals surface area contributed by atoms with Crippen LogP contribution < -0.4 is 10.2 Å². The molecule has 3 rings (SSSR count). The molecular formula is C19H20ClN3O2. The highest BCUT2D eigenvalue weighted by Gasteiger charge is 2.30. The molecule has 0 unspecified atom stereocenters. The van der Waals surface area contributed by atoms with Crippen LogP contribution in [-0.4, -0.2) is 43.0 Å². The Hall–Kier alpha value is -2.53. The Balaban J connectivity index is 1.45. The molecule has 1 fully saturated rings. The van der Waals surface area contributed by atoms with E-state index in [1.807, 2.05) is 54.6 Å². The van der Waals surface area contributed by atoms with E-state index in [1.165, 1.54) is 0 Å². The Morgan fingerprint density at radius 1 is 1.04 bits per heavy atom. The topological polar surface area (TPSA) is 52.7 Å². The van der Waals surface area contributed by atoms with Gasteiger partial charge in [0, 0.05) is 30.3 Å². The molecule has 0 bridgehead atoms. The van der Waals surface area contributed by atoms with Crippen LogP contribution in [0.1, 0.15) is 5.56 Å². The van der Waals surface area contributed by atoms with Crippen LogP contribution in [0.25, 0.3) is 0 Å². The lowest BCUT2D eigenvalue weighted by molar-refractivity contribution is -0.121. The van der Waals surface area contributed by atoms with Gasteiger partial charge in [-0.2, -0.15) is 0 Å². The van der Waals surface area contributed by atoms with Crippen LogP contribution >= 0.6 is 11.6 Å². The minimum Gasteiger partial charge on any atom is -0.354 e. The maximum Gasteiger partial charge on any atom is 0.325 e. The largest absolute Gasteiger partial charge is 0.354 e. The van der Waals surface area contributed by atoms with Crippen molar-refractivity contribution in [2.24, 2.45) is 0 Å². The van der Waals surface area contributed by atoms with Crippen LogP contribution in [0.2, 0.25) is 5.02 Å². The number of carbonyl (C=O) groups is 2. The number of benzene rings is 2. The molecule has 0 spiro atoms. The highest BCUT2D eigenvalue weighted by Crippen LogP contribution is 2.19. The Morgan fingerprint density at radius 3 is 2.48 bits per heavy atom. The van der Waals surface area contributed by atoms with E-state index in [9.17, 15) is 9.59 Å². The number of carbonyl (C=O) groups excluding carboxylic acids is 2. The number of anilines is 1. The fourth-order valence-corrected chi connectivity index (χ4v) is 2.93. The van der Waals surface area contributed by atoms with Crippen LogP contribution in [0, 0.1) is 0 Å². The van der Waals surface area contributed by atoms with Gasteiger partial charge in [-0.15, -0.1) is 0 Å². The smallest absolute Gasteiger partial charge is 0.325 e. The average molecular weight is 358 g/mol. The monoisotopic (exact) mass is 357 g/mol. The molecule has 1 aliphatic rings. The molecule has 1 heterocycles. The number of rotatable bonds is 6. The quantitative estimate of drug-likeness (QED) is 0.864. The van der Waals surface area contributed by atoms with Crippen LogP contribution in [0.15, 0.2) is 54.6 Å². The Labute approximate surface area is 152 Å². The lowest BCUT2D eigenvalue weighted by Gasteiger charge is -2.18. The van der Waals surface area contributed by atoms with Crippen LogP contribution in [0.4, 0.5) is 10.5 Å². The third-order valence-corrected chi connectivity index (χ3v) is 4.40. The molecule has 2 aromatic carbocycles. The number of amides is 3. The fraction of sp³-hybridized carbons (Fsp3) is 0.263. The molecule has 0 saturated carbocycles. The predicted molar refractivity (Wildman–Crippen MR) is 98.9 cm³/mol. The van der Waals surface area contributed by atoms with Gasteiger partial charge in [-0.1, -0.05) is 41.9 Å². The van der Waals surface area contributed by atoms with E-state index in [4.69, 9.17) is 11.6 Å². The molecule has 5 nitrogen and oxygen atoms in total. The molecule has 2 aromatic rings. The standard InChI is InChI=1S/C19H20ClN3O2/c20-16-8-6-15(7-9-16)10-11-21-18(24)14-22-12-13-23(19(22)25)17-4-2-1-3-5-17/h1-9H,10-14H2,(H,21,24). The lowest BCUT2D eigenvalue weighted by atomic mass is 10.1. The second-order valence-electron chi connectivity index (χ2n) is 5.92. The molecule has 1 N–H and O–H groups in total. The van der Waals surface area contributed by atoms with Crippen molar-refractivity contribution in [2.45, 2.75) is 6.42 Å². The number of nitrogens with one attached hydrogen (secondary N) is 1. The van der Waals surface area contributed by atoms with Gasteiger partial charge in [-0.05, 0) is 36.2 Å². The molecule has 0 atom stereocenters. The number of urea groups is 1. The summed E-state index contributed by atoms with van der Waals surface area (Å²) < 4.78 is 0. The Kier molecular flexibility index (Phi) is 5.56. The first-order valence-electron chi connectivity index (χ1n) is 8.26. The zero-order valence-corrected chi connectivity index (χ0v) is 14.6. The first-order chi connectivity index (χ1) is 12.1. The van der Waals surface area contributed by atoms with Gasteiger partial charge in [0.15, 0.2) is 0 Å². The van der Waals surface area contributed by atoms with Crippen LogP contribution in [0.3, 0.4) is 0 Å². The van der Waals surface area contributed by atoms with Gasteiger partial charge in [0.05, 0.1) is 0 Å². The minimum absolute atomic E-state index is 0.0861. The maximum atomic E-state index is 12.4. The first kappa shape index (κ1) is 17.3. The molecule has 0 aromatic heterocycles. The molecule has 3 amide bonds. The molecule has 1 aliphatic heterocycles. The number of hydrogen-bond donors (Lipinski definition) is 1. The van der Waals surface area contributed by atoms with Crippen molar-refractivity contribution in [3.63, 3.8) is 0 Å². The summed E-state index contributed by atoms with van der Waals surface area (Å²) in [6, 6.07) is 16.9. The van der Waals surface area contributed by atoms with Crippen molar-refractivity contribution in [1.29, 1.82) is 0 Å². The SMILES string of the molecule is O=C(CN1CCN(c2ccccc2)C1=O)NCCc1ccc(Cl)cc1. The van der Waals surface area contributed by atoms with Crippen molar-refractivity contribution >= 4 is 29.2 Å². The number of halogens is 1.